The predicted molar refractivity (Wildman–Crippen MR) is 144 cm³/mol. The highest BCUT2D eigenvalue weighted by atomic mass is 16.6. The van der Waals surface area contributed by atoms with E-state index in [0.29, 0.717) is 0 Å². The van der Waals surface area contributed by atoms with Crippen molar-refractivity contribution in [2.75, 3.05) is 14.2 Å². The molecule has 7 rings (SSSR count). The van der Waals surface area contributed by atoms with Crippen molar-refractivity contribution in [3.63, 3.8) is 0 Å². The van der Waals surface area contributed by atoms with E-state index in [-0.39, 0.29) is 13.2 Å². The van der Waals surface area contributed by atoms with E-state index in [0.717, 1.165) is 22.3 Å². The molecule has 2 fully saturated rings. The van der Waals surface area contributed by atoms with Crippen LogP contribution >= 0.6 is 0 Å². The number of hydrogen-bond acceptors (Lipinski definition) is 9. The number of amides is 1. The van der Waals surface area contributed by atoms with Gasteiger partial charge in [-0.05, 0) is 22.3 Å². The maximum Gasteiger partial charge on any atom is 0.411 e. The van der Waals surface area contributed by atoms with Gasteiger partial charge in [-0.3, -0.25) is 9.91 Å². The summed E-state index contributed by atoms with van der Waals surface area (Å²) in [5.74, 6) is -2.47. The Kier molecular flexibility index (Phi) is 5.64. The number of rotatable bonds is 6. The average molecular weight is 553 g/mol. The molecule has 0 aromatic heterocycles. The lowest BCUT2D eigenvalue weighted by Crippen LogP contribution is -2.84. The van der Waals surface area contributed by atoms with Crippen molar-refractivity contribution in [3.8, 4) is 0 Å². The van der Waals surface area contributed by atoms with Crippen LogP contribution in [0, 0.1) is 11.8 Å². The molecule has 0 radical (unpaired) electrons. The first-order valence-electron chi connectivity index (χ1n) is 13.5. The molecule has 0 spiro atoms. The Balaban J connectivity index is 1.36. The molecule has 6 atom stereocenters. The fourth-order valence-corrected chi connectivity index (χ4v) is 7.72. The largest absolute Gasteiger partial charge is 0.467 e. The number of esters is 2. The average Bonchev–Trinajstić information content (AvgIpc) is 3.60. The van der Waals surface area contributed by atoms with Crippen molar-refractivity contribution in [2.24, 2.45) is 22.2 Å². The molecule has 4 aliphatic rings. The molecule has 208 valence electrons. The van der Waals surface area contributed by atoms with Gasteiger partial charge < -0.3 is 14.2 Å². The summed E-state index contributed by atoms with van der Waals surface area (Å²) in [6.45, 7) is 0.296. The summed E-state index contributed by atoms with van der Waals surface area (Å²) in [5.41, 5.74) is 0.197. The minimum atomic E-state index is -1.71. The van der Waals surface area contributed by atoms with E-state index in [9.17, 15) is 14.4 Å². The third kappa shape index (κ3) is 3.10. The third-order valence-corrected chi connectivity index (χ3v) is 9.15. The van der Waals surface area contributed by atoms with E-state index < -0.39 is 53.0 Å². The van der Waals surface area contributed by atoms with E-state index in [1.807, 2.05) is 84.9 Å². The van der Waals surface area contributed by atoms with Crippen LogP contribution in [-0.2, 0) is 37.0 Å². The topological polar surface area (TPSA) is 110 Å². The van der Waals surface area contributed by atoms with E-state index >= 15 is 0 Å². The molecule has 10 heteroatoms. The Morgan fingerprint density at radius 3 is 1.93 bits per heavy atom. The highest BCUT2D eigenvalue weighted by molar-refractivity contribution is 6.00. The Bertz CT molecular complexity index is 1570. The Hall–Kier alpha value is -4.73. The van der Waals surface area contributed by atoms with Crippen LogP contribution in [0.2, 0.25) is 0 Å². The molecule has 0 unspecified atom stereocenters. The number of benzene rings is 3. The first-order valence-corrected chi connectivity index (χ1v) is 13.5. The van der Waals surface area contributed by atoms with Crippen LogP contribution in [0.15, 0.2) is 95.3 Å². The number of ether oxygens (including phenoxy) is 3. The molecule has 3 aromatic carbocycles. The maximum atomic E-state index is 14.0. The normalized spacial score (nSPS) is 29.7. The second-order valence-corrected chi connectivity index (χ2v) is 10.8. The van der Waals surface area contributed by atoms with Crippen molar-refractivity contribution in [3.05, 3.63) is 107 Å². The van der Waals surface area contributed by atoms with Gasteiger partial charge in [-0.2, -0.15) is 0 Å². The molecule has 3 heterocycles. The van der Waals surface area contributed by atoms with Crippen molar-refractivity contribution >= 4 is 18.0 Å². The molecule has 1 saturated heterocycles. The molecular weight excluding hydrogens is 524 g/mol. The SMILES string of the molecule is COC(=O)[C@@]12[C@H]3[C@H]([C@@H]4c5ccccc5[C@H]3N4C(=O)OCc3ccccc3)[C@]1(C(=O)OC)N=NN2Cc1ccccc1. The quantitative estimate of drug-likeness (QED) is 0.253. The second-order valence-electron chi connectivity index (χ2n) is 10.8. The number of carbonyl (C=O) groups excluding carboxylic acids is 3. The van der Waals surface area contributed by atoms with Gasteiger partial charge in [-0.1, -0.05) is 90.2 Å². The number of hydrogen-bond donors (Lipinski definition) is 0. The van der Waals surface area contributed by atoms with Crippen LogP contribution in [0.1, 0.15) is 34.3 Å². The zero-order chi connectivity index (χ0) is 28.4. The van der Waals surface area contributed by atoms with Crippen LogP contribution in [0.5, 0.6) is 0 Å². The number of carbonyl (C=O) groups is 3. The first kappa shape index (κ1) is 25.3. The summed E-state index contributed by atoms with van der Waals surface area (Å²) < 4.78 is 16.5. The molecule has 1 saturated carbocycles. The standard InChI is InChI=1S/C31H28N4O6/c1-39-27(36)30-23-24(31(30,28(37)40-2)34(33-32-30)17-19-11-5-3-6-12-19)26-22-16-10-9-15-21(22)25(23)35(26)29(38)41-18-20-13-7-4-8-14-20/h3-16,23-26H,17-18H2,1-2H3/t23-,24+,25+,26-,30-,31+/m1/s1. The van der Waals surface area contributed by atoms with Gasteiger partial charge in [-0.15, -0.1) is 5.11 Å². The van der Waals surface area contributed by atoms with Gasteiger partial charge in [0.05, 0.1) is 32.8 Å². The number of nitrogens with zero attached hydrogens (tertiary/aromatic N) is 4. The third-order valence-electron chi connectivity index (χ3n) is 9.15. The van der Waals surface area contributed by atoms with Crippen molar-refractivity contribution in [2.45, 2.75) is 36.3 Å². The molecule has 2 bridgehead atoms. The van der Waals surface area contributed by atoms with E-state index in [4.69, 9.17) is 14.2 Å². The minimum absolute atomic E-state index is 0.0887. The molecule has 3 aromatic rings. The molecule has 10 nitrogen and oxygen atoms in total. The summed E-state index contributed by atoms with van der Waals surface area (Å²) in [6, 6.07) is 25.5. The van der Waals surface area contributed by atoms with Crippen LogP contribution < -0.4 is 0 Å². The lowest BCUT2D eigenvalue weighted by Gasteiger charge is -2.61. The van der Waals surface area contributed by atoms with Crippen molar-refractivity contribution in [1.29, 1.82) is 0 Å². The molecule has 1 aliphatic carbocycles. The highest BCUT2D eigenvalue weighted by Crippen LogP contribution is 2.77. The molecule has 41 heavy (non-hydrogen) atoms. The second kappa shape index (κ2) is 9.15. The van der Waals surface area contributed by atoms with Gasteiger partial charge in [0.15, 0.2) is 5.54 Å². The summed E-state index contributed by atoms with van der Waals surface area (Å²) >= 11 is 0. The van der Waals surface area contributed by atoms with E-state index in [1.54, 1.807) is 9.91 Å². The van der Waals surface area contributed by atoms with E-state index in [1.165, 1.54) is 14.2 Å². The zero-order valence-electron chi connectivity index (χ0n) is 22.5. The van der Waals surface area contributed by atoms with Crippen molar-refractivity contribution in [1.82, 2.24) is 9.91 Å². The molecule has 1 amide bonds. The summed E-state index contributed by atoms with van der Waals surface area (Å²) in [5, 5.41) is 10.5. The van der Waals surface area contributed by atoms with Crippen LogP contribution in [0.4, 0.5) is 4.79 Å². The highest BCUT2D eigenvalue weighted by Gasteiger charge is 2.92. The first-order chi connectivity index (χ1) is 20.0. The number of fused-ring (bicyclic) bond motifs is 11. The molecule has 0 N–H and O–H groups in total. The monoisotopic (exact) mass is 552 g/mol. The molecular formula is C31H28N4O6. The lowest BCUT2D eigenvalue weighted by molar-refractivity contribution is -0.206. The predicted octanol–water partition coefficient (Wildman–Crippen LogP) is 4.39. The zero-order valence-corrected chi connectivity index (χ0v) is 22.5. The van der Waals surface area contributed by atoms with Crippen molar-refractivity contribution < 1.29 is 28.6 Å². The Labute approximate surface area is 236 Å². The van der Waals surface area contributed by atoms with Gasteiger partial charge in [0.25, 0.3) is 0 Å². The van der Waals surface area contributed by atoms with Crippen LogP contribution in [0.3, 0.4) is 0 Å². The van der Waals surface area contributed by atoms with Gasteiger partial charge in [0, 0.05) is 11.8 Å². The summed E-state index contributed by atoms with van der Waals surface area (Å²) in [4.78, 5) is 43.3. The van der Waals surface area contributed by atoms with E-state index in [2.05, 4.69) is 10.3 Å². The smallest absolute Gasteiger partial charge is 0.411 e. The Morgan fingerprint density at radius 2 is 1.32 bits per heavy atom. The maximum absolute atomic E-state index is 14.0. The van der Waals surface area contributed by atoms with Crippen LogP contribution in [-0.4, -0.2) is 53.2 Å². The Morgan fingerprint density at radius 1 is 0.756 bits per heavy atom. The van der Waals surface area contributed by atoms with Gasteiger partial charge >= 0.3 is 18.0 Å². The lowest BCUT2D eigenvalue weighted by atomic mass is 9.42. The van der Waals surface area contributed by atoms with Gasteiger partial charge in [0.2, 0.25) is 5.54 Å². The minimum Gasteiger partial charge on any atom is -0.467 e. The summed E-state index contributed by atoms with van der Waals surface area (Å²) in [6.07, 6.45) is -0.529. The number of methoxy groups -OCH3 is 2. The fourth-order valence-electron chi connectivity index (χ4n) is 7.72. The van der Waals surface area contributed by atoms with Gasteiger partial charge in [0.1, 0.15) is 6.61 Å². The van der Waals surface area contributed by atoms with Gasteiger partial charge in [-0.25, -0.2) is 14.4 Å². The van der Waals surface area contributed by atoms with Crippen LogP contribution in [0.25, 0.3) is 0 Å². The molecule has 3 aliphatic heterocycles. The fraction of sp³-hybridized carbons (Fsp3) is 0.323. The summed E-state index contributed by atoms with van der Waals surface area (Å²) in [7, 11) is 2.56.